The smallest absolute Gasteiger partial charge is 0.141 e. The molecule has 2 saturated carbocycles. The van der Waals surface area contributed by atoms with Crippen LogP contribution in [0.4, 0.5) is 0 Å². The van der Waals surface area contributed by atoms with Crippen molar-refractivity contribution in [2.45, 2.75) is 46.0 Å². The maximum atomic E-state index is 12.3. The van der Waals surface area contributed by atoms with Gasteiger partial charge in [0.1, 0.15) is 5.78 Å². The molecule has 0 radical (unpaired) electrons. The molecule has 3 rings (SSSR count). The van der Waals surface area contributed by atoms with Crippen molar-refractivity contribution in [1.82, 2.24) is 4.90 Å². The highest BCUT2D eigenvalue weighted by Gasteiger charge is 2.64. The third-order valence-electron chi connectivity index (χ3n) is 5.83. The van der Waals surface area contributed by atoms with E-state index < -0.39 is 0 Å². The summed E-state index contributed by atoms with van der Waals surface area (Å²) in [4.78, 5) is 14.9. The lowest BCUT2D eigenvalue weighted by Gasteiger charge is -2.39. The average molecular weight is 221 g/mol. The quantitative estimate of drug-likeness (QED) is 0.714. The molecule has 0 aromatic carbocycles. The van der Waals surface area contributed by atoms with Crippen LogP contribution in [0.2, 0.25) is 0 Å². The number of rotatable bonds is 2. The molecule has 1 aliphatic heterocycles. The third kappa shape index (κ3) is 1.20. The van der Waals surface area contributed by atoms with Gasteiger partial charge in [0.05, 0.1) is 0 Å². The van der Waals surface area contributed by atoms with Crippen LogP contribution in [0.25, 0.3) is 0 Å². The second-order valence-corrected chi connectivity index (χ2v) is 6.65. The molecule has 0 amide bonds. The van der Waals surface area contributed by atoms with Gasteiger partial charge in [-0.25, -0.2) is 0 Å². The number of likely N-dealkylation sites (tertiary alicyclic amines) is 1. The average Bonchev–Trinajstić information content (AvgIpc) is 2.84. The van der Waals surface area contributed by atoms with Crippen molar-refractivity contribution in [3.8, 4) is 0 Å². The van der Waals surface area contributed by atoms with Crippen molar-refractivity contribution in [1.29, 1.82) is 0 Å². The maximum Gasteiger partial charge on any atom is 0.141 e. The van der Waals surface area contributed by atoms with Gasteiger partial charge >= 0.3 is 0 Å². The molecule has 2 atom stereocenters. The van der Waals surface area contributed by atoms with Crippen LogP contribution in [0.15, 0.2) is 0 Å². The largest absolute Gasteiger partial charge is 0.302 e. The highest BCUT2D eigenvalue weighted by Crippen LogP contribution is 2.64. The molecule has 1 heterocycles. The van der Waals surface area contributed by atoms with Gasteiger partial charge in [-0.2, -0.15) is 0 Å². The zero-order valence-electron chi connectivity index (χ0n) is 10.6. The van der Waals surface area contributed by atoms with Crippen molar-refractivity contribution < 1.29 is 4.79 Å². The van der Waals surface area contributed by atoms with E-state index in [0.29, 0.717) is 11.7 Å². The van der Waals surface area contributed by atoms with E-state index >= 15 is 0 Å². The number of carbonyl (C=O) groups is 1. The van der Waals surface area contributed by atoms with E-state index in [9.17, 15) is 4.79 Å². The number of ketones is 1. The minimum atomic E-state index is 0.0159. The summed E-state index contributed by atoms with van der Waals surface area (Å²) in [5.41, 5.74) is 0.273. The predicted octanol–water partition coefficient (Wildman–Crippen LogP) is 2.48. The molecule has 90 valence electrons. The van der Waals surface area contributed by atoms with E-state index in [1.807, 2.05) is 0 Å². The third-order valence-corrected chi connectivity index (χ3v) is 5.83. The lowest BCUT2D eigenvalue weighted by atomic mass is 9.68. The molecule has 2 nitrogen and oxygen atoms in total. The van der Waals surface area contributed by atoms with Crippen molar-refractivity contribution in [2.24, 2.45) is 16.7 Å². The Morgan fingerprint density at radius 3 is 2.50 bits per heavy atom. The highest BCUT2D eigenvalue weighted by molar-refractivity contribution is 5.90. The van der Waals surface area contributed by atoms with Gasteiger partial charge in [0.15, 0.2) is 0 Å². The first kappa shape index (κ1) is 10.8. The fourth-order valence-electron chi connectivity index (χ4n) is 4.46. The summed E-state index contributed by atoms with van der Waals surface area (Å²) in [6.07, 6.45) is 5.95. The van der Waals surface area contributed by atoms with Gasteiger partial charge in [-0.3, -0.25) is 4.79 Å². The summed E-state index contributed by atoms with van der Waals surface area (Å²) in [6, 6.07) is 0. The van der Waals surface area contributed by atoms with Crippen molar-refractivity contribution >= 4 is 5.78 Å². The number of carbonyl (C=O) groups excluding carboxylic acids is 1. The lowest BCUT2D eigenvalue weighted by molar-refractivity contribution is -0.130. The van der Waals surface area contributed by atoms with Crippen LogP contribution in [0, 0.1) is 16.7 Å². The minimum Gasteiger partial charge on any atom is -0.302 e. The second kappa shape index (κ2) is 3.32. The summed E-state index contributed by atoms with van der Waals surface area (Å²) in [5, 5.41) is 0. The Labute approximate surface area is 98.4 Å². The molecule has 0 N–H and O–H groups in total. The van der Waals surface area contributed by atoms with Crippen LogP contribution in [0.3, 0.4) is 0 Å². The summed E-state index contributed by atoms with van der Waals surface area (Å²) in [6.45, 7) is 8.16. The van der Waals surface area contributed by atoms with Crippen LogP contribution < -0.4 is 0 Å². The molecular weight excluding hydrogens is 198 g/mol. The van der Waals surface area contributed by atoms with Crippen LogP contribution >= 0.6 is 0 Å². The summed E-state index contributed by atoms with van der Waals surface area (Å²) >= 11 is 0. The van der Waals surface area contributed by atoms with Gasteiger partial charge in [0, 0.05) is 18.4 Å². The van der Waals surface area contributed by atoms with E-state index in [1.54, 1.807) is 0 Å². The SMILES string of the molecule is CC1(C)C2CCC1(CN1CCCC1)C(=O)C2. The molecule has 0 spiro atoms. The number of hydrogen-bond donors (Lipinski definition) is 0. The fraction of sp³-hybridized carbons (Fsp3) is 0.929. The Morgan fingerprint density at radius 1 is 1.31 bits per heavy atom. The van der Waals surface area contributed by atoms with Gasteiger partial charge in [-0.05, 0) is 50.1 Å². The molecule has 2 bridgehead atoms. The van der Waals surface area contributed by atoms with Gasteiger partial charge in [0.2, 0.25) is 0 Å². The minimum absolute atomic E-state index is 0.0159. The first-order valence-electron chi connectivity index (χ1n) is 6.82. The van der Waals surface area contributed by atoms with E-state index in [1.165, 1.54) is 32.4 Å². The molecular formula is C14H23NO. The van der Waals surface area contributed by atoms with Crippen LogP contribution in [0.5, 0.6) is 0 Å². The fourth-order valence-corrected chi connectivity index (χ4v) is 4.46. The van der Waals surface area contributed by atoms with Gasteiger partial charge in [0.25, 0.3) is 0 Å². The van der Waals surface area contributed by atoms with Crippen LogP contribution in [-0.4, -0.2) is 30.3 Å². The molecule has 2 heteroatoms. The summed E-state index contributed by atoms with van der Waals surface area (Å²) in [5.74, 6) is 1.24. The Hall–Kier alpha value is -0.370. The second-order valence-electron chi connectivity index (χ2n) is 6.65. The van der Waals surface area contributed by atoms with Crippen molar-refractivity contribution in [2.75, 3.05) is 19.6 Å². The molecule has 3 fully saturated rings. The van der Waals surface area contributed by atoms with E-state index in [-0.39, 0.29) is 10.8 Å². The molecule has 0 aromatic rings. The van der Waals surface area contributed by atoms with E-state index in [4.69, 9.17) is 0 Å². The van der Waals surface area contributed by atoms with Crippen molar-refractivity contribution in [3.05, 3.63) is 0 Å². The van der Waals surface area contributed by atoms with Crippen LogP contribution in [0.1, 0.15) is 46.0 Å². The Morgan fingerprint density at radius 2 is 2.00 bits per heavy atom. The zero-order valence-corrected chi connectivity index (χ0v) is 10.6. The predicted molar refractivity (Wildman–Crippen MR) is 64.2 cm³/mol. The summed E-state index contributed by atoms with van der Waals surface area (Å²) in [7, 11) is 0. The Balaban J connectivity index is 1.86. The standard InChI is InChI=1S/C14H23NO/c1-13(2)11-5-6-14(13,12(16)9-11)10-15-7-3-4-8-15/h11H,3-10H2,1-2H3. The molecule has 2 aliphatic carbocycles. The number of hydrogen-bond acceptors (Lipinski definition) is 2. The topological polar surface area (TPSA) is 20.3 Å². The number of fused-ring (bicyclic) bond motifs is 2. The monoisotopic (exact) mass is 221 g/mol. The maximum absolute atomic E-state index is 12.3. The Bertz CT molecular complexity index is 317. The normalized spacial score (nSPS) is 42.1. The number of nitrogens with zero attached hydrogens (tertiary/aromatic N) is 1. The lowest BCUT2D eigenvalue weighted by Crippen LogP contribution is -2.45. The van der Waals surface area contributed by atoms with E-state index in [2.05, 4.69) is 18.7 Å². The Kier molecular flexibility index (Phi) is 2.23. The summed E-state index contributed by atoms with van der Waals surface area (Å²) < 4.78 is 0. The molecule has 0 aromatic heterocycles. The first-order valence-corrected chi connectivity index (χ1v) is 6.82. The van der Waals surface area contributed by atoms with Gasteiger partial charge < -0.3 is 4.90 Å². The van der Waals surface area contributed by atoms with Gasteiger partial charge in [-0.15, -0.1) is 0 Å². The molecule has 2 unspecified atom stereocenters. The van der Waals surface area contributed by atoms with E-state index in [0.717, 1.165) is 19.4 Å². The highest BCUT2D eigenvalue weighted by atomic mass is 16.1. The van der Waals surface area contributed by atoms with Gasteiger partial charge in [-0.1, -0.05) is 13.8 Å². The zero-order chi connectivity index (χ0) is 11.4. The first-order chi connectivity index (χ1) is 7.56. The number of Topliss-reactive ketones (excluding diaryl/α,β-unsaturated/α-hetero) is 1. The van der Waals surface area contributed by atoms with Crippen LogP contribution in [-0.2, 0) is 4.79 Å². The van der Waals surface area contributed by atoms with Crippen molar-refractivity contribution in [3.63, 3.8) is 0 Å². The molecule has 3 aliphatic rings. The molecule has 1 saturated heterocycles. The molecule has 16 heavy (non-hydrogen) atoms.